The molecule has 2 aromatic rings. The van der Waals surface area contributed by atoms with Gasteiger partial charge in [0.05, 0.1) is 17.7 Å². The summed E-state index contributed by atoms with van der Waals surface area (Å²) in [5.41, 5.74) is 0.461. The van der Waals surface area contributed by atoms with Gasteiger partial charge in [-0.3, -0.25) is 9.48 Å². The van der Waals surface area contributed by atoms with Crippen LogP contribution in [0.3, 0.4) is 0 Å². The van der Waals surface area contributed by atoms with E-state index in [9.17, 15) is 13.6 Å². The van der Waals surface area contributed by atoms with Crippen LogP contribution in [-0.2, 0) is 6.42 Å². The molecule has 2 rings (SSSR count). The average Bonchev–Trinajstić information content (AvgIpc) is 2.77. The Hall–Kier alpha value is -2.04. The second-order valence-electron chi connectivity index (χ2n) is 4.60. The van der Waals surface area contributed by atoms with Crippen molar-refractivity contribution in [3.05, 3.63) is 53.4 Å². The average molecular weight is 264 g/mol. The molecule has 100 valence electrons. The van der Waals surface area contributed by atoms with Crippen molar-refractivity contribution < 1.29 is 13.6 Å². The highest BCUT2D eigenvalue weighted by molar-refractivity contribution is 5.97. The van der Waals surface area contributed by atoms with E-state index in [-0.39, 0.29) is 18.0 Å². The van der Waals surface area contributed by atoms with Crippen LogP contribution < -0.4 is 0 Å². The quantitative estimate of drug-likeness (QED) is 0.795. The molecule has 0 N–H and O–H groups in total. The van der Waals surface area contributed by atoms with E-state index in [1.54, 1.807) is 16.9 Å². The van der Waals surface area contributed by atoms with Crippen LogP contribution in [-0.4, -0.2) is 15.6 Å². The van der Waals surface area contributed by atoms with Crippen LogP contribution in [0.2, 0.25) is 0 Å². The molecule has 0 aliphatic heterocycles. The minimum absolute atomic E-state index is 0.00225. The molecule has 0 spiro atoms. The molecule has 0 atom stereocenters. The molecule has 0 aliphatic carbocycles. The van der Waals surface area contributed by atoms with Crippen LogP contribution in [0.1, 0.15) is 35.9 Å². The number of hydrogen-bond donors (Lipinski definition) is 0. The van der Waals surface area contributed by atoms with Gasteiger partial charge in [0.15, 0.2) is 5.78 Å². The third-order valence-electron chi connectivity index (χ3n) is 2.77. The molecule has 0 bridgehead atoms. The van der Waals surface area contributed by atoms with Gasteiger partial charge in [-0.25, -0.2) is 8.78 Å². The van der Waals surface area contributed by atoms with Crippen LogP contribution in [0.25, 0.3) is 0 Å². The Bertz CT molecular complexity index is 605. The Labute approximate surface area is 109 Å². The summed E-state index contributed by atoms with van der Waals surface area (Å²) < 4.78 is 27.9. The lowest BCUT2D eigenvalue weighted by atomic mass is 10.1. The summed E-state index contributed by atoms with van der Waals surface area (Å²) in [6.07, 6.45) is 1.77. The van der Waals surface area contributed by atoms with Crippen molar-refractivity contribution in [1.29, 1.82) is 0 Å². The number of halogens is 2. The van der Waals surface area contributed by atoms with Crippen molar-refractivity contribution in [3.8, 4) is 0 Å². The van der Waals surface area contributed by atoms with Crippen molar-refractivity contribution in [1.82, 2.24) is 9.78 Å². The van der Waals surface area contributed by atoms with Crippen LogP contribution in [0.4, 0.5) is 8.78 Å². The van der Waals surface area contributed by atoms with E-state index in [2.05, 4.69) is 5.10 Å². The minimum atomic E-state index is -0.840. The van der Waals surface area contributed by atoms with E-state index in [0.717, 1.165) is 12.1 Å². The normalized spacial score (nSPS) is 11.0. The lowest BCUT2D eigenvalue weighted by Gasteiger charge is -2.04. The highest BCUT2D eigenvalue weighted by atomic mass is 19.1. The zero-order chi connectivity index (χ0) is 14.0. The van der Waals surface area contributed by atoms with E-state index >= 15 is 0 Å². The maximum absolute atomic E-state index is 13.5. The fourth-order valence-corrected chi connectivity index (χ4v) is 1.73. The summed E-state index contributed by atoms with van der Waals surface area (Å²) in [6.45, 7) is 3.94. The van der Waals surface area contributed by atoms with Gasteiger partial charge in [0, 0.05) is 18.3 Å². The fourth-order valence-electron chi connectivity index (χ4n) is 1.73. The van der Waals surface area contributed by atoms with Gasteiger partial charge < -0.3 is 0 Å². The standard InChI is InChI=1S/C14H14F2N2O/c1-9(2)18-6-5-11(17-18)8-14(19)12-4-3-10(15)7-13(12)16/h3-7,9H,8H2,1-2H3. The molecular weight excluding hydrogens is 250 g/mol. The van der Waals surface area contributed by atoms with E-state index < -0.39 is 17.4 Å². The Morgan fingerprint density at radius 3 is 2.63 bits per heavy atom. The molecule has 0 aliphatic rings. The highest BCUT2D eigenvalue weighted by Crippen LogP contribution is 2.13. The molecule has 19 heavy (non-hydrogen) atoms. The Balaban J connectivity index is 2.16. The van der Waals surface area contributed by atoms with Crippen molar-refractivity contribution in [2.45, 2.75) is 26.3 Å². The summed E-state index contributed by atoms with van der Waals surface area (Å²) in [5.74, 6) is -1.95. The monoisotopic (exact) mass is 264 g/mol. The second kappa shape index (κ2) is 5.30. The molecule has 3 nitrogen and oxygen atoms in total. The van der Waals surface area contributed by atoms with Crippen molar-refractivity contribution in [2.75, 3.05) is 0 Å². The van der Waals surface area contributed by atoms with Crippen molar-refractivity contribution in [3.63, 3.8) is 0 Å². The number of nitrogens with zero attached hydrogens (tertiary/aromatic N) is 2. The Morgan fingerprint density at radius 2 is 2.05 bits per heavy atom. The molecule has 0 amide bonds. The first-order valence-electron chi connectivity index (χ1n) is 5.99. The largest absolute Gasteiger partial charge is 0.294 e. The predicted octanol–water partition coefficient (Wildman–Crippen LogP) is 3.17. The van der Waals surface area contributed by atoms with Gasteiger partial charge in [-0.05, 0) is 32.0 Å². The minimum Gasteiger partial charge on any atom is -0.294 e. The van der Waals surface area contributed by atoms with E-state index in [4.69, 9.17) is 0 Å². The van der Waals surface area contributed by atoms with Gasteiger partial charge >= 0.3 is 0 Å². The zero-order valence-electron chi connectivity index (χ0n) is 10.7. The van der Waals surface area contributed by atoms with Crippen LogP contribution >= 0.6 is 0 Å². The molecular formula is C14H14F2N2O. The fraction of sp³-hybridized carbons (Fsp3) is 0.286. The zero-order valence-corrected chi connectivity index (χ0v) is 10.7. The molecule has 0 unspecified atom stereocenters. The molecule has 1 aromatic heterocycles. The lowest BCUT2D eigenvalue weighted by molar-refractivity contribution is 0.0987. The Morgan fingerprint density at radius 1 is 1.32 bits per heavy atom. The summed E-state index contributed by atoms with van der Waals surface area (Å²) in [6, 6.07) is 4.86. The maximum Gasteiger partial charge on any atom is 0.171 e. The molecule has 5 heteroatoms. The van der Waals surface area contributed by atoms with Crippen molar-refractivity contribution in [2.24, 2.45) is 0 Å². The lowest BCUT2D eigenvalue weighted by Crippen LogP contribution is -2.08. The van der Waals surface area contributed by atoms with E-state index in [1.807, 2.05) is 13.8 Å². The number of carbonyl (C=O) groups is 1. The third kappa shape index (κ3) is 3.05. The first-order valence-corrected chi connectivity index (χ1v) is 5.99. The van der Waals surface area contributed by atoms with Gasteiger partial charge in [-0.2, -0.15) is 5.10 Å². The molecule has 0 fully saturated rings. The van der Waals surface area contributed by atoms with Crippen LogP contribution in [0, 0.1) is 11.6 Å². The predicted molar refractivity (Wildman–Crippen MR) is 67.0 cm³/mol. The van der Waals surface area contributed by atoms with Gasteiger partial charge in [0.2, 0.25) is 0 Å². The van der Waals surface area contributed by atoms with Crippen molar-refractivity contribution >= 4 is 5.78 Å². The van der Waals surface area contributed by atoms with Gasteiger partial charge in [-0.15, -0.1) is 0 Å². The molecule has 0 radical (unpaired) electrons. The number of Topliss-reactive ketones (excluding diaryl/α,β-unsaturated/α-hetero) is 1. The summed E-state index contributed by atoms with van der Waals surface area (Å²) in [7, 11) is 0. The maximum atomic E-state index is 13.5. The second-order valence-corrected chi connectivity index (χ2v) is 4.60. The van der Waals surface area contributed by atoms with E-state index in [0.29, 0.717) is 11.8 Å². The summed E-state index contributed by atoms with van der Waals surface area (Å²) in [5, 5.41) is 4.22. The topological polar surface area (TPSA) is 34.9 Å². The van der Waals surface area contributed by atoms with Crippen LogP contribution in [0.5, 0.6) is 0 Å². The molecule has 1 heterocycles. The highest BCUT2D eigenvalue weighted by Gasteiger charge is 2.14. The SMILES string of the molecule is CC(C)n1ccc(CC(=O)c2ccc(F)cc2F)n1. The van der Waals surface area contributed by atoms with Gasteiger partial charge in [-0.1, -0.05) is 0 Å². The summed E-state index contributed by atoms with van der Waals surface area (Å²) in [4.78, 5) is 11.9. The molecule has 1 aromatic carbocycles. The Kier molecular flexibility index (Phi) is 3.74. The molecule has 0 saturated heterocycles. The number of hydrogen-bond acceptors (Lipinski definition) is 2. The van der Waals surface area contributed by atoms with E-state index in [1.165, 1.54) is 0 Å². The smallest absolute Gasteiger partial charge is 0.171 e. The third-order valence-corrected chi connectivity index (χ3v) is 2.77. The number of ketones is 1. The van der Waals surface area contributed by atoms with Gasteiger partial charge in [0.1, 0.15) is 11.6 Å². The van der Waals surface area contributed by atoms with Gasteiger partial charge in [0.25, 0.3) is 0 Å². The number of carbonyl (C=O) groups excluding carboxylic acids is 1. The number of rotatable bonds is 4. The number of benzene rings is 1. The summed E-state index contributed by atoms with van der Waals surface area (Å²) >= 11 is 0. The van der Waals surface area contributed by atoms with Crippen LogP contribution in [0.15, 0.2) is 30.5 Å². The first kappa shape index (κ1) is 13.4. The number of aromatic nitrogens is 2. The molecule has 0 saturated carbocycles. The first-order chi connectivity index (χ1) is 8.97.